The summed E-state index contributed by atoms with van der Waals surface area (Å²) in [6.07, 6.45) is 4.03. The van der Waals surface area contributed by atoms with Crippen molar-refractivity contribution in [1.82, 2.24) is 19.8 Å². The number of carbonyl (C=O) groups is 1. The Hall–Kier alpha value is -4.23. The van der Waals surface area contributed by atoms with Gasteiger partial charge >= 0.3 is 6.01 Å². The van der Waals surface area contributed by atoms with Crippen LogP contribution in [0.1, 0.15) is 36.9 Å². The second kappa shape index (κ2) is 12.6. The Morgan fingerprint density at radius 1 is 1.07 bits per heavy atom. The molecule has 1 amide bonds. The highest BCUT2D eigenvalue weighted by atomic mass is 19.1. The number of fused-ring (bicyclic) bond motifs is 2. The summed E-state index contributed by atoms with van der Waals surface area (Å²) in [5.41, 5.74) is 3.17. The van der Waals surface area contributed by atoms with Gasteiger partial charge in [-0.15, -0.1) is 0 Å². The zero-order valence-electron chi connectivity index (χ0n) is 24.7. The maximum Gasteiger partial charge on any atom is 0.318 e. The first-order valence-corrected chi connectivity index (χ1v) is 15.2. The number of anilines is 2. The summed E-state index contributed by atoms with van der Waals surface area (Å²) >= 11 is 0. The Balaban J connectivity index is 1.35. The molecule has 1 aromatic heterocycles. The number of hydrogen-bond donors (Lipinski definition) is 0. The molecule has 1 unspecified atom stereocenters. The molecule has 10 heteroatoms. The van der Waals surface area contributed by atoms with Gasteiger partial charge in [-0.05, 0) is 50.7 Å². The number of nitriles is 1. The van der Waals surface area contributed by atoms with E-state index in [1.807, 2.05) is 0 Å². The third-order valence-corrected chi connectivity index (χ3v) is 9.03. The highest BCUT2D eigenvalue weighted by molar-refractivity contribution is 5.94. The summed E-state index contributed by atoms with van der Waals surface area (Å²) in [4.78, 5) is 30.7. The van der Waals surface area contributed by atoms with Crippen LogP contribution in [0.5, 0.6) is 6.01 Å². The van der Waals surface area contributed by atoms with Crippen LogP contribution >= 0.6 is 0 Å². The van der Waals surface area contributed by atoms with Crippen molar-refractivity contribution in [2.45, 2.75) is 50.7 Å². The van der Waals surface area contributed by atoms with Crippen molar-refractivity contribution in [2.75, 3.05) is 56.2 Å². The number of likely N-dealkylation sites (N-methyl/N-ethyl adjacent to an activating group) is 1. The van der Waals surface area contributed by atoms with Gasteiger partial charge in [0.15, 0.2) is 5.83 Å². The molecule has 0 radical (unpaired) electrons. The monoisotopic (exact) mass is 583 g/mol. The smallest absolute Gasteiger partial charge is 0.318 e. The number of likely N-dealkylation sites (tertiary alicyclic amines) is 1. The summed E-state index contributed by atoms with van der Waals surface area (Å²) in [6, 6.07) is 17.2. The van der Waals surface area contributed by atoms with Crippen molar-refractivity contribution < 1.29 is 13.9 Å². The van der Waals surface area contributed by atoms with Crippen LogP contribution in [-0.2, 0) is 17.8 Å². The number of benzene rings is 2. The van der Waals surface area contributed by atoms with Gasteiger partial charge in [0.1, 0.15) is 12.4 Å². The quantitative estimate of drug-likeness (QED) is 0.377. The van der Waals surface area contributed by atoms with Gasteiger partial charge < -0.3 is 24.3 Å². The number of piperazine rings is 1. The Labute approximate surface area is 252 Å². The molecule has 3 aliphatic rings. The molecule has 3 aromatic rings. The molecule has 2 atom stereocenters. The molecule has 224 valence electrons. The van der Waals surface area contributed by atoms with Crippen LogP contribution < -0.4 is 14.5 Å². The molecule has 43 heavy (non-hydrogen) atoms. The van der Waals surface area contributed by atoms with Crippen LogP contribution in [-0.4, -0.2) is 84.1 Å². The van der Waals surface area contributed by atoms with E-state index in [4.69, 9.17) is 14.7 Å². The molecule has 2 saturated heterocycles. The molecule has 2 fully saturated rings. The zero-order chi connectivity index (χ0) is 29.9. The van der Waals surface area contributed by atoms with Crippen LogP contribution in [0.15, 0.2) is 54.9 Å². The molecular formula is C33H38FN7O2. The van der Waals surface area contributed by atoms with Crippen molar-refractivity contribution in [3.63, 3.8) is 0 Å². The molecule has 6 rings (SSSR count). The number of halogens is 1. The first-order valence-electron chi connectivity index (χ1n) is 15.2. The maximum atomic E-state index is 13.8. The number of rotatable bonds is 7. The van der Waals surface area contributed by atoms with Gasteiger partial charge in [-0.3, -0.25) is 4.79 Å². The molecule has 0 bridgehead atoms. The summed E-state index contributed by atoms with van der Waals surface area (Å²) in [5, 5.41) is 11.9. The van der Waals surface area contributed by atoms with E-state index in [1.165, 1.54) is 21.4 Å². The topological polar surface area (TPSA) is 88.8 Å². The van der Waals surface area contributed by atoms with E-state index in [9.17, 15) is 14.4 Å². The largest absolute Gasteiger partial charge is 0.462 e. The summed E-state index contributed by atoms with van der Waals surface area (Å²) in [5.74, 6) is -0.973. The highest BCUT2D eigenvalue weighted by Crippen LogP contribution is 2.34. The van der Waals surface area contributed by atoms with E-state index >= 15 is 0 Å². The van der Waals surface area contributed by atoms with Crippen LogP contribution in [0.2, 0.25) is 0 Å². The summed E-state index contributed by atoms with van der Waals surface area (Å²) < 4.78 is 20.1. The van der Waals surface area contributed by atoms with Gasteiger partial charge in [0.05, 0.1) is 30.8 Å². The average Bonchev–Trinajstić information content (AvgIpc) is 3.31. The van der Waals surface area contributed by atoms with Crippen molar-refractivity contribution in [3.8, 4) is 12.1 Å². The highest BCUT2D eigenvalue weighted by Gasteiger charge is 2.34. The predicted octanol–water partition coefficient (Wildman–Crippen LogP) is 4.47. The molecule has 0 aliphatic carbocycles. The third kappa shape index (κ3) is 6.00. The molecule has 3 aliphatic heterocycles. The molecule has 9 nitrogen and oxygen atoms in total. The van der Waals surface area contributed by atoms with Gasteiger partial charge in [-0.2, -0.15) is 15.2 Å². The Bertz CT molecular complexity index is 1550. The molecular weight excluding hydrogens is 545 g/mol. The third-order valence-electron chi connectivity index (χ3n) is 9.03. The fourth-order valence-electron chi connectivity index (χ4n) is 6.72. The lowest BCUT2D eigenvalue weighted by atomic mass is 10.1. The molecule has 2 aromatic carbocycles. The van der Waals surface area contributed by atoms with Crippen molar-refractivity contribution >= 4 is 28.2 Å². The number of ether oxygens (including phenoxy) is 1. The predicted molar refractivity (Wildman–Crippen MR) is 165 cm³/mol. The number of amides is 1. The van der Waals surface area contributed by atoms with Crippen molar-refractivity contribution in [1.29, 1.82) is 5.26 Å². The first kappa shape index (κ1) is 28.9. The Morgan fingerprint density at radius 3 is 2.70 bits per heavy atom. The SMILES string of the molecule is C=C(F)C(=O)N1CCN(c2nc(OCC3CCCN3C)nc3c2CCCN(c2cccc4ccccc24)C3)C[C@@H]1CC#N. The minimum Gasteiger partial charge on any atom is -0.462 e. The van der Waals surface area contributed by atoms with Crippen LogP contribution in [0, 0.1) is 11.3 Å². The van der Waals surface area contributed by atoms with Crippen LogP contribution in [0.25, 0.3) is 10.8 Å². The number of aromatic nitrogens is 2. The van der Waals surface area contributed by atoms with E-state index in [1.54, 1.807) is 0 Å². The van der Waals surface area contributed by atoms with Crippen molar-refractivity contribution in [3.05, 3.63) is 66.1 Å². The first-order chi connectivity index (χ1) is 20.9. The fraction of sp³-hybridized carbons (Fsp3) is 0.455. The fourth-order valence-corrected chi connectivity index (χ4v) is 6.72. The summed E-state index contributed by atoms with van der Waals surface area (Å²) in [6.45, 7) is 7.34. The zero-order valence-corrected chi connectivity index (χ0v) is 24.7. The average molecular weight is 584 g/mol. The standard InChI is InChI=1S/C33H38FN7O2/c1-23(34)32(42)41-19-18-40(20-25(41)14-15-35)31-28-12-7-17-39(30-13-5-9-24-8-3-4-11-27(24)30)21-29(28)36-33(37-31)43-22-26-10-6-16-38(26)2/h3-5,8-9,11,13,25-26H,1,6-7,10,12,14,16-22H2,2H3/t25-,26?/m0/s1. The van der Waals surface area contributed by atoms with E-state index in [0.717, 1.165) is 55.8 Å². The van der Waals surface area contributed by atoms with Gasteiger partial charge in [0.25, 0.3) is 5.91 Å². The van der Waals surface area contributed by atoms with Crippen LogP contribution in [0.3, 0.4) is 0 Å². The van der Waals surface area contributed by atoms with Gasteiger partial charge in [-0.25, -0.2) is 4.39 Å². The number of nitrogens with zero attached hydrogens (tertiary/aromatic N) is 7. The maximum absolute atomic E-state index is 13.8. The second-order valence-corrected chi connectivity index (χ2v) is 11.7. The number of carbonyl (C=O) groups excluding carboxylic acids is 1. The van der Waals surface area contributed by atoms with E-state index in [-0.39, 0.29) is 13.0 Å². The molecule has 0 N–H and O–H groups in total. The van der Waals surface area contributed by atoms with Crippen molar-refractivity contribution in [2.24, 2.45) is 0 Å². The Kier molecular flexibility index (Phi) is 8.43. The lowest BCUT2D eigenvalue weighted by Crippen LogP contribution is -2.55. The number of hydrogen-bond acceptors (Lipinski definition) is 8. The second-order valence-electron chi connectivity index (χ2n) is 11.7. The van der Waals surface area contributed by atoms with E-state index < -0.39 is 17.8 Å². The van der Waals surface area contributed by atoms with E-state index in [0.29, 0.717) is 38.3 Å². The van der Waals surface area contributed by atoms with Gasteiger partial charge in [0, 0.05) is 48.9 Å². The van der Waals surface area contributed by atoms with Gasteiger partial charge in [-0.1, -0.05) is 43.0 Å². The molecule has 0 spiro atoms. The lowest BCUT2D eigenvalue weighted by Gasteiger charge is -2.41. The Morgan fingerprint density at radius 2 is 1.91 bits per heavy atom. The van der Waals surface area contributed by atoms with Gasteiger partial charge in [0.2, 0.25) is 0 Å². The minimum atomic E-state index is -1.01. The van der Waals surface area contributed by atoms with E-state index in [2.05, 4.69) is 76.9 Å². The molecule has 0 saturated carbocycles. The lowest BCUT2D eigenvalue weighted by molar-refractivity contribution is -0.131. The molecule has 4 heterocycles. The van der Waals surface area contributed by atoms with Crippen LogP contribution in [0.4, 0.5) is 15.9 Å². The minimum absolute atomic E-state index is 0.0923. The normalized spacial score (nSPS) is 20.9. The summed E-state index contributed by atoms with van der Waals surface area (Å²) in [7, 11) is 2.12.